The Hall–Kier alpha value is -2.37. The van der Waals surface area contributed by atoms with E-state index in [2.05, 4.69) is 42.6 Å². The molecule has 0 aromatic carbocycles. The molecule has 0 amide bonds. The molecule has 0 aliphatic carbocycles. The smallest absolute Gasteiger partial charge is 0.194 e. The normalized spacial score (nSPS) is 14.0. The Balaban J connectivity index is 1.51. The van der Waals surface area contributed by atoms with Crippen LogP contribution in [0.25, 0.3) is 0 Å². The molecule has 3 aromatic heterocycles. The summed E-state index contributed by atoms with van der Waals surface area (Å²) in [5, 5.41) is 0. The first-order valence-electron chi connectivity index (χ1n) is 10.2. The highest BCUT2D eigenvalue weighted by Gasteiger charge is 2.18. The standard InChI is InChI=1S/C22H31N3O3/c1-13(2)21-17(6)25-20(28-21)10-7-14(3)18-11-23-19(27-18)9-8-15(4)22-16(5)24-12-26-22/h11-15H,7-10H2,1-6H3. The van der Waals surface area contributed by atoms with Crippen molar-refractivity contribution >= 4 is 0 Å². The molecule has 152 valence electrons. The summed E-state index contributed by atoms with van der Waals surface area (Å²) in [6.07, 6.45) is 6.77. The van der Waals surface area contributed by atoms with E-state index < -0.39 is 0 Å². The van der Waals surface area contributed by atoms with Gasteiger partial charge in [0.15, 0.2) is 18.2 Å². The highest BCUT2D eigenvalue weighted by molar-refractivity contribution is 5.12. The summed E-state index contributed by atoms with van der Waals surface area (Å²) in [7, 11) is 0. The highest BCUT2D eigenvalue weighted by atomic mass is 16.4. The van der Waals surface area contributed by atoms with E-state index in [1.54, 1.807) is 0 Å². The maximum atomic E-state index is 5.99. The first-order chi connectivity index (χ1) is 13.3. The fourth-order valence-electron chi connectivity index (χ4n) is 3.51. The van der Waals surface area contributed by atoms with Gasteiger partial charge in [-0.25, -0.2) is 15.0 Å². The van der Waals surface area contributed by atoms with E-state index in [-0.39, 0.29) is 5.92 Å². The van der Waals surface area contributed by atoms with Crippen molar-refractivity contribution in [3.63, 3.8) is 0 Å². The van der Waals surface area contributed by atoms with Crippen LogP contribution in [0, 0.1) is 13.8 Å². The quantitative estimate of drug-likeness (QED) is 0.459. The molecule has 0 radical (unpaired) electrons. The Kier molecular flexibility index (Phi) is 6.37. The largest absolute Gasteiger partial charge is 0.448 e. The molecule has 0 bridgehead atoms. The molecule has 6 nitrogen and oxygen atoms in total. The lowest BCUT2D eigenvalue weighted by atomic mass is 10.0. The summed E-state index contributed by atoms with van der Waals surface area (Å²) in [6, 6.07) is 0. The maximum absolute atomic E-state index is 5.99. The minimum Gasteiger partial charge on any atom is -0.448 e. The van der Waals surface area contributed by atoms with Crippen LogP contribution in [0.5, 0.6) is 0 Å². The van der Waals surface area contributed by atoms with Crippen LogP contribution in [0.1, 0.15) is 98.7 Å². The maximum Gasteiger partial charge on any atom is 0.194 e. The van der Waals surface area contributed by atoms with Crippen LogP contribution in [0.3, 0.4) is 0 Å². The summed E-state index contributed by atoms with van der Waals surface area (Å²) in [4.78, 5) is 13.2. The average Bonchev–Trinajstić information content (AvgIpc) is 3.37. The minimum absolute atomic E-state index is 0.268. The third-order valence-corrected chi connectivity index (χ3v) is 5.27. The van der Waals surface area contributed by atoms with Gasteiger partial charge in [0.05, 0.1) is 17.6 Å². The zero-order valence-electron chi connectivity index (χ0n) is 17.8. The summed E-state index contributed by atoms with van der Waals surface area (Å²) >= 11 is 0. The van der Waals surface area contributed by atoms with Crippen LogP contribution in [0.15, 0.2) is 25.8 Å². The van der Waals surface area contributed by atoms with Gasteiger partial charge in [0, 0.05) is 30.6 Å². The Bertz CT molecular complexity index is 891. The van der Waals surface area contributed by atoms with Crippen LogP contribution in [-0.4, -0.2) is 15.0 Å². The number of rotatable bonds is 9. The fraction of sp³-hybridized carbons (Fsp3) is 0.591. The van der Waals surface area contributed by atoms with Crippen molar-refractivity contribution in [2.24, 2.45) is 0 Å². The van der Waals surface area contributed by atoms with E-state index in [9.17, 15) is 0 Å². The van der Waals surface area contributed by atoms with Crippen molar-refractivity contribution in [2.45, 2.75) is 85.0 Å². The topological polar surface area (TPSA) is 78.1 Å². The molecule has 0 N–H and O–H groups in total. The van der Waals surface area contributed by atoms with Crippen molar-refractivity contribution in [1.82, 2.24) is 15.0 Å². The Morgan fingerprint density at radius 3 is 2.18 bits per heavy atom. The molecular weight excluding hydrogens is 354 g/mol. The fourth-order valence-corrected chi connectivity index (χ4v) is 3.51. The van der Waals surface area contributed by atoms with E-state index in [0.29, 0.717) is 11.8 Å². The minimum atomic E-state index is 0.268. The van der Waals surface area contributed by atoms with Crippen LogP contribution in [0.4, 0.5) is 0 Å². The van der Waals surface area contributed by atoms with Crippen molar-refractivity contribution in [1.29, 1.82) is 0 Å². The number of hydrogen-bond donors (Lipinski definition) is 0. The van der Waals surface area contributed by atoms with E-state index in [0.717, 1.165) is 66.1 Å². The number of oxazole rings is 3. The van der Waals surface area contributed by atoms with E-state index in [1.807, 2.05) is 20.0 Å². The molecule has 3 aromatic rings. The predicted molar refractivity (Wildman–Crippen MR) is 107 cm³/mol. The summed E-state index contributed by atoms with van der Waals surface area (Å²) in [5.41, 5.74) is 1.95. The van der Waals surface area contributed by atoms with Gasteiger partial charge >= 0.3 is 0 Å². The molecule has 0 saturated carbocycles. The number of nitrogens with zero attached hydrogens (tertiary/aromatic N) is 3. The third kappa shape index (κ3) is 4.72. The first kappa shape index (κ1) is 20.4. The van der Waals surface area contributed by atoms with Crippen LogP contribution >= 0.6 is 0 Å². The molecule has 3 heterocycles. The lowest BCUT2D eigenvalue weighted by Crippen LogP contribution is -1.97. The van der Waals surface area contributed by atoms with Crippen molar-refractivity contribution in [2.75, 3.05) is 0 Å². The van der Waals surface area contributed by atoms with Gasteiger partial charge in [0.1, 0.15) is 17.3 Å². The monoisotopic (exact) mass is 385 g/mol. The zero-order chi connectivity index (χ0) is 20.3. The van der Waals surface area contributed by atoms with Crippen molar-refractivity contribution in [3.05, 3.63) is 53.0 Å². The van der Waals surface area contributed by atoms with Crippen LogP contribution in [0.2, 0.25) is 0 Å². The van der Waals surface area contributed by atoms with Gasteiger partial charge in [-0.1, -0.05) is 27.7 Å². The van der Waals surface area contributed by atoms with E-state index >= 15 is 0 Å². The molecular formula is C22H31N3O3. The molecule has 0 aliphatic rings. The van der Waals surface area contributed by atoms with Crippen LogP contribution < -0.4 is 0 Å². The second kappa shape index (κ2) is 8.76. The number of hydrogen-bond acceptors (Lipinski definition) is 6. The zero-order valence-corrected chi connectivity index (χ0v) is 17.8. The second-order valence-electron chi connectivity index (χ2n) is 8.05. The van der Waals surface area contributed by atoms with Gasteiger partial charge in [0.25, 0.3) is 0 Å². The predicted octanol–water partition coefficient (Wildman–Crippen LogP) is 5.86. The molecule has 0 aliphatic heterocycles. The molecule has 2 atom stereocenters. The van der Waals surface area contributed by atoms with Gasteiger partial charge in [-0.2, -0.15) is 0 Å². The molecule has 28 heavy (non-hydrogen) atoms. The van der Waals surface area contributed by atoms with Crippen molar-refractivity contribution in [3.8, 4) is 0 Å². The Morgan fingerprint density at radius 1 is 0.821 bits per heavy atom. The van der Waals surface area contributed by atoms with Gasteiger partial charge in [0.2, 0.25) is 0 Å². The van der Waals surface area contributed by atoms with Gasteiger partial charge in [-0.15, -0.1) is 0 Å². The van der Waals surface area contributed by atoms with E-state index in [4.69, 9.17) is 13.3 Å². The van der Waals surface area contributed by atoms with Crippen molar-refractivity contribution < 1.29 is 13.3 Å². The summed E-state index contributed by atoms with van der Waals surface area (Å²) < 4.78 is 17.4. The van der Waals surface area contributed by atoms with Gasteiger partial charge in [-0.05, 0) is 26.7 Å². The Morgan fingerprint density at radius 2 is 1.54 bits per heavy atom. The van der Waals surface area contributed by atoms with E-state index in [1.165, 1.54) is 6.39 Å². The SMILES string of the molecule is Cc1nc(CCC(C)c2cnc(CCC(C)c3ocnc3C)o2)oc1C(C)C. The lowest BCUT2D eigenvalue weighted by molar-refractivity contribution is 0.392. The first-order valence-corrected chi connectivity index (χ1v) is 10.2. The van der Waals surface area contributed by atoms with Gasteiger partial charge in [-0.3, -0.25) is 0 Å². The summed E-state index contributed by atoms with van der Waals surface area (Å²) in [6.45, 7) is 12.5. The molecule has 2 unspecified atom stereocenters. The average molecular weight is 386 g/mol. The van der Waals surface area contributed by atoms with Crippen LogP contribution in [-0.2, 0) is 12.8 Å². The molecule has 0 fully saturated rings. The second-order valence-corrected chi connectivity index (χ2v) is 8.05. The summed E-state index contributed by atoms with van der Waals surface area (Å²) in [5.74, 6) is 5.36. The molecule has 0 spiro atoms. The lowest BCUT2D eigenvalue weighted by Gasteiger charge is -2.08. The molecule has 6 heteroatoms. The highest BCUT2D eigenvalue weighted by Crippen LogP contribution is 2.27. The van der Waals surface area contributed by atoms with Gasteiger partial charge < -0.3 is 13.3 Å². The third-order valence-electron chi connectivity index (χ3n) is 5.27. The number of aryl methyl sites for hydroxylation is 4. The Labute approximate surface area is 166 Å². The molecule has 3 rings (SSSR count). The molecule has 0 saturated heterocycles. The number of aromatic nitrogens is 3.